The molecule has 4 heteroatoms. The lowest BCUT2D eigenvalue weighted by molar-refractivity contribution is -0.110. The fourth-order valence-electron chi connectivity index (χ4n) is 1.12. The third-order valence-electron chi connectivity index (χ3n) is 2.14. The van der Waals surface area contributed by atoms with Crippen molar-refractivity contribution in [3.63, 3.8) is 0 Å². The van der Waals surface area contributed by atoms with Crippen LogP contribution >= 0.6 is 0 Å². The Kier molecular flexibility index (Phi) is 1.67. The van der Waals surface area contributed by atoms with Gasteiger partial charge in [-0.25, -0.2) is 4.68 Å². The zero-order valence-corrected chi connectivity index (χ0v) is 6.97. The number of hydrogen-bond donors (Lipinski definition) is 0. The molecule has 0 amide bonds. The Morgan fingerprint density at radius 3 is 3.08 bits per heavy atom. The Hall–Kier alpha value is -1.19. The molecule has 0 bridgehead atoms. The second kappa shape index (κ2) is 2.69. The summed E-state index contributed by atoms with van der Waals surface area (Å²) >= 11 is 0. The normalized spacial score (nSPS) is 19.1. The molecule has 0 aromatic carbocycles. The van der Waals surface area contributed by atoms with Gasteiger partial charge in [0.1, 0.15) is 12.3 Å². The molecule has 1 aromatic rings. The van der Waals surface area contributed by atoms with Crippen LogP contribution in [0.5, 0.6) is 0 Å². The van der Waals surface area contributed by atoms with Gasteiger partial charge in [0.15, 0.2) is 0 Å². The third kappa shape index (κ3) is 1.24. The number of aromatic nitrogens is 3. The number of aldehydes is 1. The zero-order chi connectivity index (χ0) is 8.55. The van der Waals surface area contributed by atoms with E-state index in [2.05, 4.69) is 10.3 Å². The van der Waals surface area contributed by atoms with Crippen molar-refractivity contribution in [2.24, 2.45) is 0 Å². The lowest BCUT2D eigenvalue weighted by Gasteiger charge is -1.99. The van der Waals surface area contributed by atoms with Gasteiger partial charge < -0.3 is 4.79 Å². The van der Waals surface area contributed by atoms with Crippen molar-refractivity contribution in [1.29, 1.82) is 0 Å². The van der Waals surface area contributed by atoms with Crippen LogP contribution in [0.4, 0.5) is 0 Å². The van der Waals surface area contributed by atoms with Gasteiger partial charge in [-0.15, -0.1) is 5.10 Å². The van der Waals surface area contributed by atoms with E-state index in [1.54, 1.807) is 11.6 Å². The maximum absolute atomic E-state index is 10.4. The summed E-state index contributed by atoms with van der Waals surface area (Å²) in [5.41, 5.74) is 1.03. The fourth-order valence-corrected chi connectivity index (χ4v) is 1.12. The minimum atomic E-state index is -0.190. The van der Waals surface area contributed by atoms with E-state index < -0.39 is 0 Å². The highest BCUT2D eigenvalue weighted by atomic mass is 16.1. The zero-order valence-electron chi connectivity index (χ0n) is 6.97. The molecule has 1 atom stereocenters. The van der Waals surface area contributed by atoms with E-state index in [0.717, 1.165) is 12.0 Å². The van der Waals surface area contributed by atoms with Gasteiger partial charge in [0, 0.05) is 12.1 Å². The molecule has 12 heavy (non-hydrogen) atoms. The third-order valence-corrected chi connectivity index (χ3v) is 2.14. The molecule has 4 nitrogen and oxygen atoms in total. The molecular weight excluding hydrogens is 154 g/mol. The molecule has 1 aliphatic carbocycles. The lowest BCUT2D eigenvalue weighted by atomic mass is 10.3. The Labute approximate surface area is 70.6 Å². The molecule has 0 radical (unpaired) electrons. The van der Waals surface area contributed by atoms with Crippen molar-refractivity contribution in [2.45, 2.75) is 31.7 Å². The Balaban J connectivity index is 2.17. The van der Waals surface area contributed by atoms with E-state index in [4.69, 9.17) is 0 Å². The molecule has 2 rings (SSSR count). The molecule has 1 aliphatic rings. The smallest absolute Gasteiger partial charge is 0.144 e. The average molecular weight is 165 g/mol. The summed E-state index contributed by atoms with van der Waals surface area (Å²) in [5.74, 6) is 0.609. The van der Waals surface area contributed by atoms with E-state index in [0.29, 0.717) is 5.92 Å². The van der Waals surface area contributed by atoms with Crippen LogP contribution in [0, 0.1) is 0 Å². The van der Waals surface area contributed by atoms with Crippen molar-refractivity contribution in [3.05, 3.63) is 11.9 Å². The maximum atomic E-state index is 10.4. The van der Waals surface area contributed by atoms with Crippen LogP contribution in [0.1, 0.15) is 37.4 Å². The van der Waals surface area contributed by atoms with Crippen LogP contribution in [0.3, 0.4) is 0 Å². The van der Waals surface area contributed by atoms with E-state index in [1.807, 2.05) is 6.20 Å². The number of rotatable bonds is 3. The highest BCUT2D eigenvalue weighted by molar-refractivity contribution is 5.54. The van der Waals surface area contributed by atoms with Crippen molar-refractivity contribution in [1.82, 2.24) is 15.0 Å². The molecule has 1 heterocycles. The van der Waals surface area contributed by atoms with Gasteiger partial charge >= 0.3 is 0 Å². The van der Waals surface area contributed by atoms with Crippen molar-refractivity contribution < 1.29 is 4.79 Å². The highest BCUT2D eigenvalue weighted by Gasteiger charge is 2.26. The Bertz CT molecular complexity index is 290. The van der Waals surface area contributed by atoms with E-state index in [1.165, 1.54) is 12.8 Å². The Morgan fingerprint density at radius 1 is 1.75 bits per heavy atom. The quantitative estimate of drug-likeness (QED) is 0.625. The summed E-state index contributed by atoms with van der Waals surface area (Å²) in [7, 11) is 0. The molecule has 1 aromatic heterocycles. The fraction of sp³-hybridized carbons (Fsp3) is 0.625. The molecular formula is C8H11N3O. The molecule has 1 fully saturated rings. The molecule has 1 saturated carbocycles. The number of hydrogen-bond acceptors (Lipinski definition) is 3. The predicted molar refractivity (Wildman–Crippen MR) is 42.8 cm³/mol. The molecule has 0 N–H and O–H groups in total. The first-order valence-corrected chi connectivity index (χ1v) is 4.18. The first-order chi connectivity index (χ1) is 5.81. The summed E-state index contributed by atoms with van der Waals surface area (Å²) in [6.45, 7) is 1.80. The second-order valence-corrected chi connectivity index (χ2v) is 3.27. The van der Waals surface area contributed by atoms with Gasteiger partial charge in [0.2, 0.25) is 0 Å². The standard InChI is InChI=1S/C8H11N3O/c1-6(5-12)11-4-8(9-10-11)7-2-3-7/h4-7H,2-3H2,1H3. The summed E-state index contributed by atoms with van der Waals surface area (Å²) < 4.78 is 1.61. The summed E-state index contributed by atoms with van der Waals surface area (Å²) in [6, 6.07) is -0.190. The van der Waals surface area contributed by atoms with E-state index >= 15 is 0 Å². The number of carbonyl (C=O) groups excluding carboxylic acids is 1. The first kappa shape index (κ1) is 7.46. The Morgan fingerprint density at radius 2 is 2.50 bits per heavy atom. The first-order valence-electron chi connectivity index (χ1n) is 4.18. The summed E-state index contributed by atoms with van der Waals surface area (Å²) in [5, 5.41) is 7.88. The van der Waals surface area contributed by atoms with Crippen molar-refractivity contribution in [3.8, 4) is 0 Å². The van der Waals surface area contributed by atoms with Gasteiger partial charge in [-0.1, -0.05) is 5.21 Å². The molecule has 0 saturated heterocycles. The number of carbonyl (C=O) groups is 1. The largest absolute Gasteiger partial charge is 0.301 e. The second-order valence-electron chi connectivity index (χ2n) is 3.27. The van der Waals surface area contributed by atoms with Crippen LogP contribution in [0.25, 0.3) is 0 Å². The van der Waals surface area contributed by atoms with Crippen LogP contribution in [-0.2, 0) is 4.79 Å². The lowest BCUT2D eigenvalue weighted by Crippen LogP contribution is -2.06. The highest BCUT2D eigenvalue weighted by Crippen LogP contribution is 2.38. The topological polar surface area (TPSA) is 47.8 Å². The molecule has 0 spiro atoms. The van der Waals surface area contributed by atoms with E-state index in [9.17, 15) is 4.79 Å². The molecule has 64 valence electrons. The minimum Gasteiger partial charge on any atom is -0.301 e. The summed E-state index contributed by atoms with van der Waals surface area (Å²) in [4.78, 5) is 10.4. The average Bonchev–Trinajstić information content (AvgIpc) is 2.83. The van der Waals surface area contributed by atoms with Crippen LogP contribution < -0.4 is 0 Å². The van der Waals surface area contributed by atoms with Crippen LogP contribution in [-0.4, -0.2) is 21.3 Å². The summed E-state index contributed by atoms with van der Waals surface area (Å²) in [6.07, 6.45) is 5.17. The number of nitrogens with zero attached hydrogens (tertiary/aromatic N) is 3. The van der Waals surface area contributed by atoms with Crippen molar-refractivity contribution >= 4 is 6.29 Å². The van der Waals surface area contributed by atoms with Crippen LogP contribution in [0.15, 0.2) is 6.20 Å². The molecule has 1 unspecified atom stereocenters. The minimum absolute atomic E-state index is 0.190. The van der Waals surface area contributed by atoms with Crippen molar-refractivity contribution in [2.75, 3.05) is 0 Å². The van der Waals surface area contributed by atoms with Gasteiger partial charge in [-0.2, -0.15) is 0 Å². The van der Waals surface area contributed by atoms with Gasteiger partial charge in [0.05, 0.1) is 5.69 Å². The van der Waals surface area contributed by atoms with Crippen LogP contribution in [0.2, 0.25) is 0 Å². The SMILES string of the molecule is CC(C=O)n1cc(C2CC2)nn1. The monoisotopic (exact) mass is 165 g/mol. The van der Waals surface area contributed by atoms with Gasteiger partial charge in [-0.05, 0) is 19.8 Å². The van der Waals surface area contributed by atoms with E-state index in [-0.39, 0.29) is 6.04 Å². The molecule has 0 aliphatic heterocycles. The van der Waals surface area contributed by atoms with Gasteiger partial charge in [0.25, 0.3) is 0 Å². The van der Waals surface area contributed by atoms with Gasteiger partial charge in [-0.3, -0.25) is 0 Å². The maximum Gasteiger partial charge on any atom is 0.144 e. The predicted octanol–water partition coefficient (Wildman–Crippen LogP) is 0.915.